The van der Waals surface area contributed by atoms with Crippen molar-refractivity contribution in [3.05, 3.63) is 88.0 Å². The van der Waals surface area contributed by atoms with Gasteiger partial charge in [0.2, 0.25) is 15.9 Å². The molecule has 2 saturated heterocycles. The quantitative estimate of drug-likeness (QED) is 0.251. The van der Waals surface area contributed by atoms with Crippen LogP contribution in [0.3, 0.4) is 0 Å². The molecular formula is C37H43ClFN5O8S. The molecule has 1 unspecified atom stereocenters. The number of fused-ring (bicyclic) bond motifs is 1. The van der Waals surface area contributed by atoms with Gasteiger partial charge >= 0.3 is 6.09 Å². The maximum atomic E-state index is 15.3. The molecule has 13 nitrogen and oxygen atoms in total. The van der Waals surface area contributed by atoms with E-state index in [4.69, 9.17) is 30.5 Å². The summed E-state index contributed by atoms with van der Waals surface area (Å²) in [6.45, 7) is 5.63. The number of rotatable bonds is 11. The van der Waals surface area contributed by atoms with Crippen LogP contribution in [0.1, 0.15) is 36.5 Å². The highest BCUT2D eigenvalue weighted by Crippen LogP contribution is 2.52. The molecule has 4 heterocycles. The Balaban J connectivity index is 1.39. The molecule has 6 rings (SSSR count). The highest BCUT2D eigenvalue weighted by Gasteiger charge is 2.61. The summed E-state index contributed by atoms with van der Waals surface area (Å²) in [6, 6.07) is 12.1. The largest absolute Gasteiger partial charge is 0.500 e. The third kappa shape index (κ3) is 7.66. The van der Waals surface area contributed by atoms with E-state index in [1.165, 1.54) is 43.5 Å². The lowest BCUT2D eigenvalue weighted by molar-refractivity contribution is -0.132. The number of benzene rings is 2. The van der Waals surface area contributed by atoms with E-state index < -0.39 is 44.2 Å². The number of nitrogens with zero attached hydrogens (tertiary/aromatic N) is 5. The summed E-state index contributed by atoms with van der Waals surface area (Å²) in [5.41, 5.74) is -2.47. The summed E-state index contributed by atoms with van der Waals surface area (Å²) < 4.78 is 67.2. The molecule has 0 aliphatic carbocycles. The molecule has 53 heavy (non-hydrogen) atoms. The number of hydrogen-bond acceptors (Lipinski definition) is 11. The van der Waals surface area contributed by atoms with Crippen LogP contribution < -0.4 is 13.8 Å². The number of carbonyl (C=O) groups excluding carboxylic acids is 2. The van der Waals surface area contributed by atoms with Gasteiger partial charge in [0.15, 0.2) is 0 Å². The molecule has 16 heteroatoms. The predicted molar refractivity (Wildman–Crippen MR) is 197 cm³/mol. The predicted octanol–water partition coefficient (Wildman–Crippen LogP) is 4.74. The third-order valence-electron chi connectivity index (χ3n) is 9.88. The van der Waals surface area contributed by atoms with E-state index >= 15 is 9.18 Å². The molecule has 0 spiro atoms. The summed E-state index contributed by atoms with van der Waals surface area (Å²) in [5.74, 6) is -2.48. The van der Waals surface area contributed by atoms with E-state index in [1.807, 2.05) is 0 Å². The van der Waals surface area contributed by atoms with Crippen molar-refractivity contribution in [2.24, 2.45) is 0 Å². The molecule has 2 aromatic carbocycles. The summed E-state index contributed by atoms with van der Waals surface area (Å²) in [6.07, 6.45) is 4.10. The van der Waals surface area contributed by atoms with Gasteiger partial charge in [-0.3, -0.25) is 9.69 Å². The lowest BCUT2D eigenvalue weighted by Crippen LogP contribution is -2.55. The number of sulfonamides is 1. The zero-order valence-corrected chi connectivity index (χ0v) is 31.7. The zero-order valence-electron chi connectivity index (χ0n) is 30.1. The molecule has 0 radical (unpaired) electrons. The highest BCUT2D eigenvalue weighted by molar-refractivity contribution is 7.93. The Bertz CT molecular complexity index is 1970. The minimum atomic E-state index is -4.71. The summed E-state index contributed by atoms with van der Waals surface area (Å²) in [7, 11) is 0.220. The van der Waals surface area contributed by atoms with E-state index in [1.54, 1.807) is 31.2 Å². The number of piperidine rings is 1. The average molecular weight is 772 g/mol. The van der Waals surface area contributed by atoms with Crippen molar-refractivity contribution in [1.82, 2.24) is 19.7 Å². The van der Waals surface area contributed by atoms with Gasteiger partial charge in [-0.2, -0.15) is 0 Å². The Hall–Kier alpha value is -4.44. The second-order valence-corrected chi connectivity index (χ2v) is 15.3. The Morgan fingerprint density at radius 1 is 1.04 bits per heavy atom. The fraction of sp³-hybridized carbons (Fsp3) is 0.432. The number of likely N-dealkylation sites (tertiary alicyclic amines) is 1. The number of amides is 2. The van der Waals surface area contributed by atoms with Gasteiger partial charge in [-0.1, -0.05) is 23.7 Å². The fourth-order valence-corrected chi connectivity index (χ4v) is 8.76. The summed E-state index contributed by atoms with van der Waals surface area (Å²) in [4.78, 5) is 39.7. The zero-order chi connectivity index (χ0) is 37.9. The number of carbonyl (C=O) groups is 2. The van der Waals surface area contributed by atoms with Crippen molar-refractivity contribution in [3.63, 3.8) is 0 Å². The standard InChI is InChI=1S/C37H43ClFN5O8S/c1-5-51-34-29(7-6-14-40-34)37(52-36(46)43-19-17-42(18-20-43)26-12-15-41(2)16-13-26)30-22-31(38)32(39)23-33(30)44(35(37)45)53(47,48)24-28(50-4)21-25-8-10-27(49-3)11-9-25/h6-11,14,21-23,26H,5,12-13,15-20,24H2,1-4H3. The molecule has 3 aliphatic heterocycles. The molecule has 3 aliphatic rings. The number of ether oxygens (including phenoxy) is 4. The first kappa shape index (κ1) is 38.3. The van der Waals surface area contributed by atoms with Gasteiger partial charge in [0.1, 0.15) is 23.1 Å². The number of hydrogen-bond donors (Lipinski definition) is 0. The number of piperazine rings is 1. The van der Waals surface area contributed by atoms with E-state index in [-0.39, 0.29) is 35.1 Å². The third-order valence-corrected chi connectivity index (χ3v) is 11.7. The van der Waals surface area contributed by atoms with Gasteiger partial charge < -0.3 is 28.7 Å². The van der Waals surface area contributed by atoms with Crippen LogP contribution >= 0.6 is 11.6 Å². The topological polar surface area (TPSA) is 131 Å². The van der Waals surface area contributed by atoms with E-state index in [0.717, 1.165) is 38.1 Å². The number of aromatic nitrogens is 1. The maximum Gasteiger partial charge on any atom is 0.411 e. The van der Waals surface area contributed by atoms with E-state index in [0.29, 0.717) is 47.8 Å². The second kappa shape index (κ2) is 15.9. The van der Waals surface area contributed by atoms with Crippen molar-refractivity contribution in [1.29, 1.82) is 0 Å². The Morgan fingerprint density at radius 3 is 2.38 bits per heavy atom. The molecule has 284 valence electrons. The fourth-order valence-electron chi connectivity index (χ4n) is 7.07. The molecule has 2 amide bonds. The molecule has 0 bridgehead atoms. The average Bonchev–Trinajstić information content (AvgIpc) is 3.39. The van der Waals surface area contributed by atoms with Gasteiger partial charge in [-0.05, 0) is 81.9 Å². The van der Waals surface area contributed by atoms with Gasteiger partial charge in [-0.15, -0.1) is 0 Å². The van der Waals surface area contributed by atoms with Gasteiger partial charge in [-0.25, -0.2) is 26.9 Å². The van der Waals surface area contributed by atoms with Gasteiger partial charge in [0.05, 0.1) is 37.1 Å². The number of methoxy groups -OCH3 is 2. The Kier molecular flexibility index (Phi) is 11.5. The van der Waals surface area contributed by atoms with E-state index in [2.05, 4.69) is 21.8 Å². The van der Waals surface area contributed by atoms with Crippen molar-refractivity contribution < 1.29 is 41.3 Å². The van der Waals surface area contributed by atoms with Crippen LogP contribution in [0.25, 0.3) is 6.08 Å². The molecule has 1 atom stereocenters. The summed E-state index contributed by atoms with van der Waals surface area (Å²) >= 11 is 6.32. The number of pyridine rings is 1. The van der Waals surface area contributed by atoms with Gasteiger partial charge in [0, 0.05) is 50.0 Å². The van der Waals surface area contributed by atoms with Crippen LogP contribution in [-0.4, -0.2) is 119 Å². The first-order valence-corrected chi connectivity index (χ1v) is 19.3. The Morgan fingerprint density at radius 2 is 1.74 bits per heavy atom. The molecule has 0 N–H and O–H groups in total. The summed E-state index contributed by atoms with van der Waals surface area (Å²) in [5, 5.41) is -0.415. The van der Waals surface area contributed by atoms with Crippen LogP contribution in [0.4, 0.5) is 14.9 Å². The second-order valence-electron chi connectivity index (χ2n) is 13.1. The van der Waals surface area contributed by atoms with Crippen LogP contribution in [-0.2, 0) is 29.9 Å². The smallest absolute Gasteiger partial charge is 0.411 e. The molecule has 1 aromatic heterocycles. The molecule has 0 saturated carbocycles. The highest BCUT2D eigenvalue weighted by atomic mass is 35.5. The van der Waals surface area contributed by atoms with Crippen molar-refractivity contribution >= 4 is 45.4 Å². The van der Waals surface area contributed by atoms with E-state index in [9.17, 15) is 13.2 Å². The monoisotopic (exact) mass is 771 g/mol. The van der Waals surface area contributed by atoms with Crippen LogP contribution in [0, 0.1) is 5.82 Å². The minimum absolute atomic E-state index is 0.0210. The SMILES string of the molecule is CCOc1ncccc1C1(OC(=O)N2CCN(C3CCN(C)CC3)CC2)C(=O)N(S(=O)(=O)CC(=Cc2ccc(OC)cc2)OC)c2cc(F)c(Cl)cc21. The van der Waals surface area contributed by atoms with Crippen LogP contribution in [0.5, 0.6) is 11.6 Å². The molecule has 2 fully saturated rings. The van der Waals surface area contributed by atoms with Crippen LogP contribution in [0.2, 0.25) is 5.02 Å². The Labute approximate surface area is 313 Å². The van der Waals surface area contributed by atoms with Crippen molar-refractivity contribution in [3.8, 4) is 11.6 Å². The molecule has 3 aromatic rings. The maximum absolute atomic E-state index is 15.3. The first-order chi connectivity index (χ1) is 25.4. The van der Waals surface area contributed by atoms with Crippen LogP contribution in [0.15, 0.2) is 60.5 Å². The lowest BCUT2D eigenvalue weighted by atomic mass is 9.87. The van der Waals surface area contributed by atoms with Crippen molar-refractivity contribution in [2.75, 3.05) is 77.2 Å². The lowest BCUT2D eigenvalue weighted by Gasteiger charge is -2.42. The molecular weight excluding hydrogens is 729 g/mol. The van der Waals surface area contributed by atoms with Gasteiger partial charge in [0.25, 0.3) is 11.5 Å². The number of anilines is 1. The minimum Gasteiger partial charge on any atom is -0.500 e. The number of halogens is 2. The van der Waals surface area contributed by atoms with Crippen molar-refractivity contribution in [2.45, 2.75) is 31.4 Å². The normalized spacial score (nSPS) is 20.3. The first-order valence-electron chi connectivity index (χ1n) is 17.4.